The minimum absolute atomic E-state index is 0.0449. The van der Waals surface area contributed by atoms with Crippen molar-refractivity contribution in [2.45, 2.75) is 32.7 Å². The molecule has 156 valence electrons. The van der Waals surface area contributed by atoms with E-state index in [2.05, 4.69) is 5.32 Å². The van der Waals surface area contributed by atoms with Crippen molar-refractivity contribution in [3.05, 3.63) is 24.3 Å². The Bertz CT molecular complexity index is 615. The van der Waals surface area contributed by atoms with E-state index in [-0.39, 0.29) is 18.2 Å². The Morgan fingerprint density at radius 2 is 1.82 bits per heavy atom. The maximum absolute atomic E-state index is 12.9. The van der Waals surface area contributed by atoms with Crippen molar-refractivity contribution in [1.29, 1.82) is 0 Å². The molecule has 0 aliphatic carbocycles. The van der Waals surface area contributed by atoms with Crippen molar-refractivity contribution in [3.63, 3.8) is 0 Å². The van der Waals surface area contributed by atoms with Crippen LogP contribution in [-0.4, -0.2) is 74.5 Å². The summed E-state index contributed by atoms with van der Waals surface area (Å²) in [5.74, 6) is 0.767. The Labute approximate surface area is 166 Å². The molecule has 0 bridgehead atoms. The van der Waals surface area contributed by atoms with Crippen LogP contribution in [0.3, 0.4) is 0 Å². The Morgan fingerprint density at radius 3 is 2.39 bits per heavy atom. The number of methoxy groups -OCH3 is 1. The van der Waals surface area contributed by atoms with Crippen LogP contribution in [0.25, 0.3) is 0 Å². The lowest BCUT2D eigenvalue weighted by molar-refractivity contribution is 0.0761. The van der Waals surface area contributed by atoms with Crippen LogP contribution >= 0.6 is 0 Å². The molecule has 1 saturated heterocycles. The van der Waals surface area contributed by atoms with Gasteiger partial charge in [-0.1, -0.05) is 0 Å². The van der Waals surface area contributed by atoms with Crippen LogP contribution in [0, 0.1) is 0 Å². The first kappa shape index (κ1) is 21.8. The molecule has 0 radical (unpaired) electrons. The summed E-state index contributed by atoms with van der Waals surface area (Å²) in [5, 5.41) is 2.94. The van der Waals surface area contributed by atoms with Gasteiger partial charge in [-0.25, -0.2) is 9.59 Å². The first-order chi connectivity index (χ1) is 13.6. The number of carbonyl (C=O) groups excluding carboxylic acids is 2. The third-order valence-corrected chi connectivity index (χ3v) is 4.65. The van der Waals surface area contributed by atoms with E-state index >= 15 is 0 Å². The highest BCUT2D eigenvalue weighted by Gasteiger charge is 2.30. The normalized spacial score (nSPS) is 14.5. The first-order valence-corrected chi connectivity index (χ1v) is 9.80. The minimum Gasteiger partial charge on any atom is -0.494 e. The molecule has 0 aromatic heterocycles. The van der Waals surface area contributed by atoms with Gasteiger partial charge in [-0.05, 0) is 51.0 Å². The summed E-state index contributed by atoms with van der Waals surface area (Å²) >= 11 is 0. The summed E-state index contributed by atoms with van der Waals surface area (Å²) < 4.78 is 15.7. The molecule has 0 spiro atoms. The first-order valence-electron chi connectivity index (χ1n) is 9.80. The molecule has 3 amide bonds. The number of amides is 3. The molecule has 8 heteroatoms. The highest BCUT2D eigenvalue weighted by Crippen LogP contribution is 2.20. The molecule has 28 heavy (non-hydrogen) atoms. The Balaban J connectivity index is 1.96. The van der Waals surface area contributed by atoms with Gasteiger partial charge in [0.2, 0.25) is 0 Å². The van der Waals surface area contributed by atoms with E-state index < -0.39 is 0 Å². The average Bonchev–Trinajstić information content (AvgIpc) is 2.70. The van der Waals surface area contributed by atoms with E-state index in [1.807, 2.05) is 31.2 Å². The second kappa shape index (κ2) is 11.4. The fourth-order valence-electron chi connectivity index (χ4n) is 3.21. The molecule has 1 heterocycles. The Kier molecular flexibility index (Phi) is 8.87. The fourth-order valence-corrected chi connectivity index (χ4v) is 3.21. The van der Waals surface area contributed by atoms with Crippen LogP contribution in [0.15, 0.2) is 24.3 Å². The van der Waals surface area contributed by atoms with Crippen molar-refractivity contribution >= 4 is 17.8 Å². The molecule has 0 atom stereocenters. The van der Waals surface area contributed by atoms with Crippen molar-refractivity contribution in [1.82, 2.24) is 9.80 Å². The lowest BCUT2D eigenvalue weighted by Gasteiger charge is -2.38. The fraction of sp³-hybridized carbons (Fsp3) is 0.600. The summed E-state index contributed by atoms with van der Waals surface area (Å²) in [6.45, 7) is 6.77. The zero-order chi connectivity index (χ0) is 20.4. The van der Waals surface area contributed by atoms with Crippen molar-refractivity contribution < 1.29 is 23.8 Å². The van der Waals surface area contributed by atoms with E-state index in [1.54, 1.807) is 23.8 Å². The van der Waals surface area contributed by atoms with Gasteiger partial charge in [0.15, 0.2) is 0 Å². The smallest absolute Gasteiger partial charge is 0.409 e. The topological polar surface area (TPSA) is 80.3 Å². The number of ether oxygens (including phenoxy) is 3. The number of nitrogens with one attached hydrogen (secondary N) is 1. The third kappa shape index (κ3) is 6.30. The molecule has 1 N–H and O–H groups in total. The number of carbonyl (C=O) groups is 2. The predicted molar refractivity (Wildman–Crippen MR) is 107 cm³/mol. The highest BCUT2D eigenvalue weighted by atomic mass is 16.6. The molecule has 1 fully saturated rings. The van der Waals surface area contributed by atoms with Gasteiger partial charge in [0.05, 0.1) is 19.8 Å². The molecule has 0 unspecified atom stereocenters. The second-order valence-corrected chi connectivity index (χ2v) is 6.49. The number of urea groups is 1. The maximum Gasteiger partial charge on any atom is 0.409 e. The van der Waals surface area contributed by atoms with E-state index in [0.29, 0.717) is 58.0 Å². The standard InChI is InChI=1S/C20H31N3O5/c1-4-27-18-8-6-16(7-9-18)21-19(24)23(14-15-26-3)17-10-12-22(13-11-17)20(25)28-5-2/h6-9,17H,4-5,10-15H2,1-3H3,(H,21,24). The van der Waals surface area contributed by atoms with Gasteiger partial charge in [0.25, 0.3) is 0 Å². The lowest BCUT2D eigenvalue weighted by atomic mass is 10.0. The highest BCUT2D eigenvalue weighted by molar-refractivity contribution is 5.89. The van der Waals surface area contributed by atoms with Gasteiger partial charge in [0, 0.05) is 38.5 Å². The quantitative estimate of drug-likeness (QED) is 0.734. The molecular formula is C20H31N3O5. The maximum atomic E-state index is 12.9. The van der Waals surface area contributed by atoms with Gasteiger partial charge < -0.3 is 29.3 Å². The largest absolute Gasteiger partial charge is 0.494 e. The van der Waals surface area contributed by atoms with Crippen molar-refractivity contribution in [2.75, 3.05) is 51.9 Å². The Morgan fingerprint density at radius 1 is 1.14 bits per heavy atom. The number of likely N-dealkylation sites (tertiary alicyclic amines) is 1. The monoisotopic (exact) mass is 393 g/mol. The summed E-state index contributed by atoms with van der Waals surface area (Å²) in [5.41, 5.74) is 0.708. The molecule has 1 aromatic rings. The zero-order valence-corrected chi connectivity index (χ0v) is 17.0. The SMILES string of the molecule is CCOC(=O)N1CCC(N(CCOC)C(=O)Nc2ccc(OCC)cc2)CC1. The van der Waals surface area contributed by atoms with Gasteiger partial charge in [-0.3, -0.25) is 0 Å². The lowest BCUT2D eigenvalue weighted by Crippen LogP contribution is -2.51. The zero-order valence-electron chi connectivity index (χ0n) is 17.0. The number of piperidine rings is 1. The van der Waals surface area contributed by atoms with Gasteiger partial charge >= 0.3 is 12.1 Å². The van der Waals surface area contributed by atoms with Crippen molar-refractivity contribution in [3.8, 4) is 5.75 Å². The number of hydrogen-bond acceptors (Lipinski definition) is 5. The minimum atomic E-state index is -0.289. The third-order valence-electron chi connectivity index (χ3n) is 4.65. The van der Waals surface area contributed by atoms with Crippen LogP contribution in [0.5, 0.6) is 5.75 Å². The summed E-state index contributed by atoms with van der Waals surface area (Å²) in [7, 11) is 1.62. The van der Waals surface area contributed by atoms with Crippen molar-refractivity contribution in [2.24, 2.45) is 0 Å². The molecule has 0 saturated carbocycles. The van der Waals surface area contributed by atoms with Gasteiger partial charge in [-0.2, -0.15) is 0 Å². The van der Waals surface area contributed by atoms with E-state index in [9.17, 15) is 9.59 Å². The molecule has 1 aliphatic heterocycles. The number of nitrogens with zero attached hydrogens (tertiary/aromatic N) is 2. The Hall–Kier alpha value is -2.48. The number of hydrogen-bond donors (Lipinski definition) is 1. The van der Waals surface area contributed by atoms with Crippen LogP contribution < -0.4 is 10.1 Å². The predicted octanol–water partition coefficient (Wildman–Crippen LogP) is 3.19. The van der Waals surface area contributed by atoms with Crippen LogP contribution in [0.1, 0.15) is 26.7 Å². The molecule has 2 rings (SSSR count). The van der Waals surface area contributed by atoms with E-state index in [0.717, 1.165) is 5.75 Å². The molecular weight excluding hydrogens is 362 g/mol. The van der Waals surface area contributed by atoms with E-state index in [1.165, 1.54) is 0 Å². The summed E-state index contributed by atoms with van der Waals surface area (Å²) in [4.78, 5) is 28.2. The number of anilines is 1. The van der Waals surface area contributed by atoms with E-state index in [4.69, 9.17) is 14.2 Å². The van der Waals surface area contributed by atoms with Crippen LogP contribution in [0.4, 0.5) is 15.3 Å². The van der Waals surface area contributed by atoms with Gasteiger partial charge in [-0.15, -0.1) is 0 Å². The average molecular weight is 393 g/mol. The molecule has 1 aromatic carbocycles. The molecule has 8 nitrogen and oxygen atoms in total. The van der Waals surface area contributed by atoms with Crippen LogP contribution in [0.2, 0.25) is 0 Å². The van der Waals surface area contributed by atoms with Crippen LogP contribution in [-0.2, 0) is 9.47 Å². The summed E-state index contributed by atoms with van der Waals surface area (Å²) in [6, 6.07) is 7.17. The second-order valence-electron chi connectivity index (χ2n) is 6.49. The van der Waals surface area contributed by atoms with Gasteiger partial charge in [0.1, 0.15) is 5.75 Å². The molecule has 1 aliphatic rings. The summed E-state index contributed by atoms with van der Waals surface area (Å²) in [6.07, 6.45) is 1.13. The number of benzene rings is 1. The number of rotatable bonds is 8.